The molecular weight excluding hydrogens is 254 g/mol. The van der Waals surface area contributed by atoms with Gasteiger partial charge >= 0.3 is 0 Å². The number of nitrogens with zero attached hydrogens (tertiary/aromatic N) is 2. The molecule has 0 fully saturated rings. The highest BCUT2D eigenvalue weighted by Gasteiger charge is 2.08. The largest absolute Gasteiger partial charge is 0.497 e. The summed E-state index contributed by atoms with van der Waals surface area (Å²) >= 11 is 0. The van der Waals surface area contributed by atoms with E-state index in [-0.39, 0.29) is 0 Å². The molecule has 2 rings (SSSR count). The van der Waals surface area contributed by atoms with Gasteiger partial charge in [-0.1, -0.05) is 6.92 Å². The predicted molar refractivity (Wildman–Crippen MR) is 79.0 cm³/mol. The summed E-state index contributed by atoms with van der Waals surface area (Å²) in [5.41, 5.74) is 7.53. The fraction of sp³-hybridized carbons (Fsp3) is 0.333. The average molecular weight is 273 g/mol. The van der Waals surface area contributed by atoms with Crippen LogP contribution >= 0.6 is 0 Å². The van der Waals surface area contributed by atoms with Crippen LogP contribution in [-0.4, -0.2) is 24.2 Å². The van der Waals surface area contributed by atoms with Crippen LogP contribution in [0.3, 0.4) is 0 Å². The van der Waals surface area contributed by atoms with E-state index in [1.165, 1.54) is 0 Å². The second kappa shape index (κ2) is 6.23. The first-order valence-corrected chi connectivity index (χ1v) is 6.53. The number of hydrogen-bond donors (Lipinski definition) is 1. The van der Waals surface area contributed by atoms with E-state index in [0.717, 1.165) is 29.9 Å². The first-order chi connectivity index (χ1) is 9.66. The summed E-state index contributed by atoms with van der Waals surface area (Å²) in [4.78, 5) is 8.78. The quantitative estimate of drug-likeness (QED) is 0.907. The van der Waals surface area contributed by atoms with Crippen LogP contribution in [0.5, 0.6) is 11.5 Å². The van der Waals surface area contributed by atoms with E-state index < -0.39 is 0 Å². The van der Waals surface area contributed by atoms with E-state index in [0.29, 0.717) is 17.3 Å². The van der Waals surface area contributed by atoms with Crippen LogP contribution in [0.2, 0.25) is 0 Å². The van der Waals surface area contributed by atoms with Gasteiger partial charge in [-0.15, -0.1) is 0 Å². The van der Waals surface area contributed by atoms with Gasteiger partial charge in [-0.05, 0) is 18.6 Å². The van der Waals surface area contributed by atoms with Crippen LogP contribution in [-0.2, 0) is 6.42 Å². The Labute approximate surface area is 118 Å². The summed E-state index contributed by atoms with van der Waals surface area (Å²) in [7, 11) is 3.24. The lowest BCUT2D eigenvalue weighted by atomic mass is 10.1. The minimum Gasteiger partial charge on any atom is -0.497 e. The molecular formula is C15H19N3O2. The van der Waals surface area contributed by atoms with Crippen LogP contribution in [0.4, 0.5) is 5.82 Å². The zero-order valence-electron chi connectivity index (χ0n) is 12.0. The van der Waals surface area contributed by atoms with Crippen LogP contribution < -0.4 is 15.2 Å². The molecule has 0 amide bonds. The molecule has 20 heavy (non-hydrogen) atoms. The number of nitrogen functional groups attached to an aromatic ring is 1. The van der Waals surface area contributed by atoms with Crippen molar-refractivity contribution in [2.24, 2.45) is 0 Å². The normalized spacial score (nSPS) is 10.3. The summed E-state index contributed by atoms with van der Waals surface area (Å²) in [5, 5.41) is 0. The fourth-order valence-electron chi connectivity index (χ4n) is 1.96. The summed E-state index contributed by atoms with van der Waals surface area (Å²) in [6.07, 6.45) is 1.78. The van der Waals surface area contributed by atoms with E-state index in [2.05, 4.69) is 16.9 Å². The Kier molecular flexibility index (Phi) is 4.40. The number of anilines is 1. The molecule has 0 unspecified atom stereocenters. The molecule has 5 nitrogen and oxygen atoms in total. The highest BCUT2D eigenvalue weighted by molar-refractivity contribution is 5.66. The zero-order valence-corrected chi connectivity index (χ0v) is 12.0. The van der Waals surface area contributed by atoms with Gasteiger partial charge in [0.1, 0.15) is 23.1 Å². The van der Waals surface area contributed by atoms with Gasteiger partial charge in [0.15, 0.2) is 0 Å². The highest BCUT2D eigenvalue weighted by Crippen LogP contribution is 2.29. The van der Waals surface area contributed by atoms with Crippen molar-refractivity contribution in [3.8, 4) is 22.8 Å². The van der Waals surface area contributed by atoms with Crippen LogP contribution in [0.1, 0.15) is 19.2 Å². The molecule has 0 aliphatic rings. The number of nitrogens with two attached hydrogens (primary N) is 1. The van der Waals surface area contributed by atoms with Crippen molar-refractivity contribution in [3.63, 3.8) is 0 Å². The van der Waals surface area contributed by atoms with Crippen molar-refractivity contribution in [2.45, 2.75) is 19.8 Å². The first-order valence-electron chi connectivity index (χ1n) is 6.53. The molecule has 5 heteroatoms. The van der Waals surface area contributed by atoms with E-state index in [9.17, 15) is 0 Å². The molecule has 1 aromatic carbocycles. The molecule has 2 aromatic rings. The van der Waals surface area contributed by atoms with E-state index in [4.69, 9.17) is 15.2 Å². The predicted octanol–water partition coefficient (Wildman–Crippen LogP) is 2.70. The van der Waals surface area contributed by atoms with Gasteiger partial charge in [0.05, 0.1) is 19.9 Å². The van der Waals surface area contributed by atoms with Crippen molar-refractivity contribution >= 4 is 5.82 Å². The summed E-state index contributed by atoms with van der Waals surface area (Å²) in [5.74, 6) is 2.66. The van der Waals surface area contributed by atoms with E-state index in [1.807, 2.05) is 18.2 Å². The second-order valence-electron chi connectivity index (χ2n) is 4.45. The molecule has 0 bridgehead atoms. The summed E-state index contributed by atoms with van der Waals surface area (Å²) < 4.78 is 10.5. The molecule has 106 valence electrons. The summed E-state index contributed by atoms with van der Waals surface area (Å²) in [6, 6.07) is 7.38. The number of benzene rings is 1. The minimum absolute atomic E-state index is 0.472. The fourth-order valence-corrected chi connectivity index (χ4v) is 1.96. The third-order valence-electron chi connectivity index (χ3n) is 2.91. The number of methoxy groups -OCH3 is 2. The maximum absolute atomic E-state index is 5.85. The van der Waals surface area contributed by atoms with E-state index >= 15 is 0 Å². The Morgan fingerprint density at radius 2 is 1.65 bits per heavy atom. The summed E-state index contributed by atoms with van der Waals surface area (Å²) in [6.45, 7) is 2.08. The Bertz CT molecular complexity index is 577. The van der Waals surface area contributed by atoms with Gasteiger partial charge in [0.2, 0.25) is 0 Å². The molecule has 0 atom stereocenters. The van der Waals surface area contributed by atoms with E-state index in [1.54, 1.807) is 20.3 Å². The van der Waals surface area contributed by atoms with Gasteiger partial charge in [-0.2, -0.15) is 0 Å². The van der Waals surface area contributed by atoms with Crippen LogP contribution in [0, 0.1) is 0 Å². The Morgan fingerprint density at radius 1 is 1.00 bits per heavy atom. The third kappa shape index (κ3) is 3.17. The number of hydrogen-bond acceptors (Lipinski definition) is 5. The average Bonchev–Trinajstić information content (AvgIpc) is 2.46. The van der Waals surface area contributed by atoms with Crippen LogP contribution in [0.25, 0.3) is 11.3 Å². The molecule has 0 aliphatic heterocycles. The minimum atomic E-state index is 0.472. The van der Waals surface area contributed by atoms with Crippen molar-refractivity contribution in [1.29, 1.82) is 0 Å². The van der Waals surface area contributed by atoms with Crippen molar-refractivity contribution in [3.05, 3.63) is 30.1 Å². The standard InChI is InChI=1S/C15H19N3O2/c1-4-5-15-17-13(9-14(16)18-15)10-6-11(19-2)8-12(7-10)20-3/h6-9H,4-5H2,1-3H3,(H2,16,17,18). The van der Waals surface area contributed by atoms with Gasteiger partial charge in [-0.25, -0.2) is 9.97 Å². The molecule has 2 N–H and O–H groups in total. The third-order valence-corrected chi connectivity index (χ3v) is 2.91. The van der Waals surface area contributed by atoms with Crippen molar-refractivity contribution in [1.82, 2.24) is 9.97 Å². The number of aryl methyl sites for hydroxylation is 1. The number of ether oxygens (including phenoxy) is 2. The Balaban J connectivity index is 2.49. The smallest absolute Gasteiger partial charge is 0.131 e. The molecule has 1 aromatic heterocycles. The maximum atomic E-state index is 5.85. The lowest BCUT2D eigenvalue weighted by Crippen LogP contribution is -2.01. The van der Waals surface area contributed by atoms with Crippen molar-refractivity contribution in [2.75, 3.05) is 20.0 Å². The molecule has 0 radical (unpaired) electrons. The molecule has 0 saturated carbocycles. The maximum Gasteiger partial charge on any atom is 0.131 e. The van der Waals surface area contributed by atoms with Gasteiger partial charge in [-0.3, -0.25) is 0 Å². The first kappa shape index (κ1) is 14.1. The van der Waals surface area contributed by atoms with Gasteiger partial charge in [0, 0.05) is 24.1 Å². The highest BCUT2D eigenvalue weighted by atomic mass is 16.5. The Morgan fingerprint density at radius 3 is 2.20 bits per heavy atom. The lowest BCUT2D eigenvalue weighted by molar-refractivity contribution is 0.394. The van der Waals surface area contributed by atoms with Crippen LogP contribution in [0.15, 0.2) is 24.3 Å². The zero-order chi connectivity index (χ0) is 14.5. The Hall–Kier alpha value is -2.30. The number of rotatable bonds is 5. The second-order valence-corrected chi connectivity index (χ2v) is 4.45. The lowest BCUT2D eigenvalue weighted by Gasteiger charge is -2.09. The number of aromatic nitrogens is 2. The monoisotopic (exact) mass is 273 g/mol. The molecule has 0 aliphatic carbocycles. The molecule has 0 saturated heterocycles. The molecule has 1 heterocycles. The van der Waals surface area contributed by atoms with Crippen molar-refractivity contribution < 1.29 is 9.47 Å². The van der Waals surface area contributed by atoms with Gasteiger partial charge in [0.25, 0.3) is 0 Å². The topological polar surface area (TPSA) is 70.3 Å². The SMILES string of the molecule is CCCc1nc(N)cc(-c2cc(OC)cc(OC)c2)n1. The molecule has 0 spiro atoms. The van der Waals surface area contributed by atoms with Gasteiger partial charge < -0.3 is 15.2 Å².